The molecule has 1 aromatic heterocycles. The lowest BCUT2D eigenvalue weighted by Crippen LogP contribution is -2.40. The van der Waals surface area contributed by atoms with E-state index in [1.54, 1.807) is 34.0 Å². The predicted molar refractivity (Wildman–Crippen MR) is 104 cm³/mol. The highest BCUT2D eigenvalue weighted by Crippen LogP contribution is 2.16. The molecule has 1 aliphatic rings. The molecule has 0 spiro atoms. The molecule has 0 saturated carbocycles. The van der Waals surface area contributed by atoms with E-state index < -0.39 is 6.10 Å². The van der Waals surface area contributed by atoms with Gasteiger partial charge in [-0.05, 0) is 12.0 Å². The molecule has 0 radical (unpaired) electrons. The van der Waals surface area contributed by atoms with Crippen LogP contribution in [0.1, 0.15) is 29.9 Å². The number of carbonyl (C=O) groups is 2. The summed E-state index contributed by atoms with van der Waals surface area (Å²) in [7, 11) is 0. The fraction of sp³-hybridized carbons (Fsp3) is 0.450. The number of carbonyl (C=O) groups excluding carboxylic acids is 2. The monoisotopic (exact) mass is 405 g/mol. The Morgan fingerprint density at radius 2 is 2.14 bits per heavy atom. The summed E-state index contributed by atoms with van der Waals surface area (Å²) >= 11 is 1.33. The average Bonchev–Trinajstić information content (AvgIpc) is 3.14. The minimum atomic E-state index is -0.410. The molecular weight excluding hydrogens is 381 g/mol. The molecule has 1 aromatic carbocycles. The number of thiazole rings is 1. The van der Waals surface area contributed by atoms with Gasteiger partial charge in [-0.1, -0.05) is 32.0 Å². The van der Waals surface area contributed by atoms with Crippen molar-refractivity contribution in [2.45, 2.75) is 26.6 Å². The molecular formula is C20H24FN3O3S. The second kappa shape index (κ2) is 9.25. The largest absolute Gasteiger partial charge is 0.370 e. The van der Waals surface area contributed by atoms with E-state index >= 15 is 0 Å². The third-order valence-electron chi connectivity index (χ3n) is 4.48. The first-order chi connectivity index (χ1) is 13.4. The molecule has 0 N–H and O–H groups in total. The van der Waals surface area contributed by atoms with Crippen LogP contribution in [0.3, 0.4) is 0 Å². The van der Waals surface area contributed by atoms with Crippen molar-refractivity contribution in [1.82, 2.24) is 14.8 Å². The summed E-state index contributed by atoms with van der Waals surface area (Å²) < 4.78 is 19.9. The summed E-state index contributed by atoms with van der Waals surface area (Å²) in [6.07, 6.45) is -0.410. The van der Waals surface area contributed by atoms with E-state index in [0.29, 0.717) is 24.3 Å². The maximum Gasteiger partial charge on any atom is 0.273 e. The molecule has 1 fully saturated rings. The number of benzene rings is 1. The van der Waals surface area contributed by atoms with Crippen molar-refractivity contribution in [2.75, 3.05) is 26.2 Å². The molecule has 1 atom stereocenters. The Morgan fingerprint density at radius 1 is 1.36 bits per heavy atom. The number of amides is 2. The van der Waals surface area contributed by atoms with Gasteiger partial charge in [0.25, 0.3) is 5.91 Å². The van der Waals surface area contributed by atoms with Crippen LogP contribution < -0.4 is 0 Å². The Kier molecular flexibility index (Phi) is 6.74. The summed E-state index contributed by atoms with van der Waals surface area (Å²) in [4.78, 5) is 32.7. The van der Waals surface area contributed by atoms with E-state index in [-0.39, 0.29) is 43.2 Å². The number of halogens is 1. The first-order valence-corrected chi connectivity index (χ1v) is 10.2. The molecule has 8 heteroatoms. The van der Waals surface area contributed by atoms with Crippen molar-refractivity contribution in [3.05, 3.63) is 52.2 Å². The topological polar surface area (TPSA) is 62.7 Å². The molecule has 0 bridgehead atoms. The van der Waals surface area contributed by atoms with Crippen LogP contribution in [0.15, 0.2) is 35.2 Å². The smallest absolute Gasteiger partial charge is 0.273 e. The molecule has 2 aromatic rings. The highest BCUT2D eigenvalue weighted by atomic mass is 32.1. The highest BCUT2D eigenvalue weighted by molar-refractivity contribution is 7.07. The summed E-state index contributed by atoms with van der Waals surface area (Å²) in [6.45, 7) is 5.34. The van der Waals surface area contributed by atoms with Gasteiger partial charge in [0, 0.05) is 30.6 Å². The lowest BCUT2D eigenvalue weighted by Gasteiger charge is -2.26. The van der Waals surface area contributed by atoms with Gasteiger partial charge >= 0.3 is 0 Å². The number of ether oxygens (including phenoxy) is 1. The quantitative estimate of drug-likeness (QED) is 0.741. The van der Waals surface area contributed by atoms with Crippen LogP contribution in [-0.2, 0) is 16.1 Å². The zero-order valence-electron chi connectivity index (χ0n) is 16.0. The van der Waals surface area contributed by atoms with Crippen LogP contribution in [0.25, 0.3) is 0 Å². The van der Waals surface area contributed by atoms with Gasteiger partial charge in [-0.25, -0.2) is 9.37 Å². The maximum absolute atomic E-state index is 13.9. The van der Waals surface area contributed by atoms with Crippen LogP contribution in [0.4, 0.5) is 4.39 Å². The summed E-state index contributed by atoms with van der Waals surface area (Å²) in [5.74, 6) is -0.451. The van der Waals surface area contributed by atoms with Gasteiger partial charge in [0.05, 0.1) is 18.2 Å². The second-order valence-electron chi connectivity index (χ2n) is 7.28. The standard InChI is InChI=1S/C20H24FN3O3S/c1-14(2)7-23-8-16(27-11-15-5-3-4-6-17(15)21)9-24(10-19(23)25)20(26)18-12-28-13-22-18/h3-6,12-14,16H,7-11H2,1-2H3. The number of hydrogen-bond donors (Lipinski definition) is 0. The molecule has 2 amide bonds. The minimum absolute atomic E-state index is 0.0113. The van der Waals surface area contributed by atoms with Gasteiger partial charge in [-0.2, -0.15) is 0 Å². The first-order valence-electron chi connectivity index (χ1n) is 9.24. The molecule has 6 nitrogen and oxygen atoms in total. The Morgan fingerprint density at radius 3 is 2.82 bits per heavy atom. The van der Waals surface area contributed by atoms with E-state index in [4.69, 9.17) is 4.74 Å². The molecule has 1 saturated heterocycles. The second-order valence-corrected chi connectivity index (χ2v) is 8.00. The fourth-order valence-electron chi connectivity index (χ4n) is 3.16. The number of nitrogens with zero attached hydrogens (tertiary/aromatic N) is 3. The first kappa shape index (κ1) is 20.4. The van der Waals surface area contributed by atoms with Crippen LogP contribution in [0.2, 0.25) is 0 Å². The minimum Gasteiger partial charge on any atom is -0.370 e. The summed E-state index contributed by atoms with van der Waals surface area (Å²) in [5.41, 5.74) is 2.36. The van der Waals surface area contributed by atoms with Gasteiger partial charge in [-0.15, -0.1) is 11.3 Å². The number of hydrogen-bond acceptors (Lipinski definition) is 5. The summed E-state index contributed by atoms with van der Waals surface area (Å²) in [5, 5.41) is 1.67. The Hall–Kier alpha value is -2.32. The molecule has 1 aliphatic heterocycles. The third kappa shape index (κ3) is 5.14. The maximum atomic E-state index is 13.9. The number of aromatic nitrogens is 1. The Bertz CT molecular complexity index is 813. The zero-order chi connectivity index (χ0) is 20.1. The van der Waals surface area contributed by atoms with Gasteiger partial charge in [0.2, 0.25) is 5.91 Å². The van der Waals surface area contributed by atoms with Gasteiger partial charge in [0.1, 0.15) is 18.1 Å². The normalized spacial score (nSPS) is 17.9. The van der Waals surface area contributed by atoms with Crippen molar-refractivity contribution >= 4 is 23.2 Å². The summed E-state index contributed by atoms with van der Waals surface area (Å²) in [6, 6.07) is 6.43. The van der Waals surface area contributed by atoms with E-state index in [9.17, 15) is 14.0 Å². The SMILES string of the molecule is CC(C)CN1CC(OCc2ccccc2F)CN(C(=O)c2cscn2)CC1=O. The van der Waals surface area contributed by atoms with Crippen molar-refractivity contribution in [3.8, 4) is 0 Å². The van der Waals surface area contributed by atoms with E-state index in [2.05, 4.69) is 4.98 Å². The van der Waals surface area contributed by atoms with Gasteiger partial charge < -0.3 is 14.5 Å². The number of rotatable bonds is 6. The van der Waals surface area contributed by atoms with E-state index in [0.717, 1.165) is 0 Å². The third-order valence-corrected chi connectivity index (χ3v) is 5.07. The zero-order valence-corrected chi connectivity index (χ0v) is 16.8. The van der Waals surface area contributed by atoms with E-state index in [1.165, 1.54) is 22.3 Å². The molecule has 28 heavy (non-hydrogen) atoms. The molecule has 1 unspecified atom stereocenters. The van der Waals surface area contributed by atoms with Crippen LogP contribution in [-0.4, -0.2) is 58.9 Å². The lowest BCUT2D eigenvalue weighted by atomic mass is 10.2. The molecule has 2 heterocycles. The lowest BCUT2D eigenvalue weighted by molar-refractivity contribution is -0.132. The van der Waals surface area contributed by atoms with Crippen LogP contribution in [0, 0.1) is 11.7 Å². The van der Waals surface area contributed by atoms with Crippen molar-refractivity contribution in [2.24, 2.45) is 5.92 Å². The van der Waals surface area contributed by atoms with Crippen molar-refractivity contribution < 1.29 is 18.7 Å². The van der Waals surface area contributed by atoms with Crippen molar-refractivity contribution in [3.63, 3.8) is 0 Å². The molecule has 0 aliphatic carbocycles. The average molecular weight is 405 g/mol. The van der Waals surface area contributed by atoms with Gasteiger partial charge in [-0.3, -0.25) is 9.59 Å². The van der Waals surface area contributed by atoms with E-state index in [1.807, 2.05) is 13.8 Å². The Labute approximate surface area is 167 Å². The highest BCUT2D eigenvalue weighted by Gasteiger charge is 2.32. The Balaban J connectivity index is 1.76. The fourth-order valence-corrected chi connectivity index (χ4v) is 3.69. The van der Waals surface area contributed by atoms with Gasteiger partial charge in [0.15, 0.2) is 0 Å². The molecule has 150 valence electrons. The van der Waals surface area contributed by atoms with Crippen LogP contribution in [0.5, 0.6) is 0 Å². The molecule has 3 rings (SSSR count). The predicted octanol–water partition coefficient (Wildman–Crippen LogP) is 2.81. The van der Waals surface area contributed by atoms with Crippen molar-refractivity contribution in [1.29, 1.82) is 0 Å². The van der Waals surface area contributed by atoms with Crippen LogP contribution >= 0.6 is 11.3 Å².